The summed E-state index contributed by atoms with van der Waals surface area (Å²) in [5.74, 6) is 2.26. The first kappa shape index (κ1) is 28.1. The van der Waals surface area contributed by atoms with Crippen molar-refractivity contribution in [1.29, 1.82) is 0 Å². The standard InChI is InChI=1S/C15H14F3N5.C12H10N6O/c16-15(17,18)10-3-1-9(2-4-10)14-21-13(22-23-14)8-7-12(19)20-11-5-6-11;19-14-8-13-10-6-7-11-15-16-12(18(11)17-10)9-4-2-1-3-5-9/h1-4,7-8,11H,5-6H2,(H2,19,20)(H,21,22,23);1-8,19H,(H,13,14,17)/b8-7-;. The largest absolute Gasteiger partial charge is 0.416 e. The Balaban J connectivity index is 0.000000171. The van der Waals surface area contributed by atoms with Crippen LogP contribution in [0.15, 0.2) is 82.8 Å². The summed E-state index contributed by atoms with van der Waals surface area (Å²) in [4.78, 5) is 12.3. The number of nitrogens with one attached hydrogen (secondary N) is 2. The van der Waals surface area contributed by atoms with Gasteiger partial charge in [0.1, 0.15) is 18.0 Å². The second-order valence-electron chi connectivity index (χ2n) is 8.98. The topological polar surface area (TPSA) is 168 Å². The normalized spacial score (nSPS) is 14.0. The number of fused-ring (bicyclic) bond motifs is 1. The van der Waals surface area contributed by atoms with Gasteiger partial charge in [0, 0.05) is 11.1 Å². The fourth-order valence-corrected chi connectivity index (χ4v) is 3.62. The van der Waals surface area contributed by atoms with E-state index >= 15 is 0 Å². The van der Waals surface area contributed by atoms with Crippen LogP contribution in [0.25, 0.3) is 34.5 Å². The monoisotopic (exact) mass is 575 g/mol. The van der Waals surface area contributed by atoms with E-state index in [0.717, 1.165) is 36.9 Å². The van der Waals surface area contributed by atoms with Crippen molar-refractivity contribution in [1.82, 2.24) is 40.5 Å². The molecule has 12 nitrogen and oxygen atoms in total. The van der Waals surface area contributed by atoms with Crippen LogP contribution in [0.5, 0.6) is 0 Å². The number of benzene rings is 2. The lowest BCUT2D eigenvalue weighted by molar-refractivity contribution is -0.137. The summed E-state index contributed by atoms with van der Waals surface area (Å²) in [6, 6.07) is 18.1. The first-order chi connectivity index (χ1) is 20.3. The summed E-state index contributed by atoms with van der Waals surface area (Å²) >= 11 is 0. The Morgan fingerprint density at radius 3 is 2.48 bits per heavy atom. The van der Waals surface area contributed by atoms with E-state index in [9.17, 15) is 13.2 Å². The first-order valence-corrected chi connectivity index (χ1v) is 12.6. The van der Waals surface area contributed by atoms with Crippen LogP contribution in [0.3, 0.4) is 0 Å². The molecule has 0 amide bonds. The summed E-state index contributed by atoms with van der Waals surface area (Å²) in [6.07, 6.45) is 2.16. The SMILES string of the molecule is NC(/C=C\c1nc(-c2ccc(C(F)(F)F)cc2)n[nH]1)=NC1CC1.ONC=Nc1ccc2nnc(-c3ccccc3)n2n1. The molecule has 0 aliphatic heterocycles. The van der Waals surface area contributed by atoms with Crippen LogP contribution >= 0.6 is 0 Å². The number of nitrogens with two attached hydrogens (primary N) is 1. The molecular weight excluding hydrogens is 551 g/mol. The van der Waals surface area contributed by atoms with Crippen LogP contribution in [0.1, 0.15) is 24.2 Å². The van der Waals surface area contributed by atoms with Gasteiger partial charge in [0.2, 0.25) is 0 Å². The molecule has 1 fully saturated rings. The van der Waals surface area contributed by atoms with Crippen molar-refractivity contribution in [3.8, 4) is 22.8 Å². The van der Waals surface area contributed by atoms with E-state index < -0.39 is 11.7 Å². The van der Waals surface area contributed by atoms with Gasteiger partial charge >= 0.3 is 6.18 Å². The van der Waals surface area contributed by atoms with Gasteiger partial charge in [-0.1, -0.05) is 42.5 Å². The predicted molar refractivity (Wildman–Crippen MR) is 150 cm³/mol. The molecule has 0 unspecified atom stereocenters. The second kappa shape index (κ2) is 12.4. The molecule has 5 N–H and O–H groups in total. The van der Waals surface area contributed by atoms with Crippen molar-refractivity contribution < 1.29 is 18.4 Å². The molecule has 42 heavy (non-hydrogen) atoms. The van der Waals surface area contributed by atoms with Gasteiger partial charge in [-0.15, -0.1) is 15.3 Å². The Hall–Kier alpha value is -5.44. The molecule has 3 aromatic heterocycles. The highest BCUT2D eigenvalue weighted by molar-refractivity contribution is 5.95. The van der Waals surface area contributed by atoms with E-state index in [1.54, 1.807) is 28.8 Å². The highest BCUT2D eigenvalue weighted by Crippen LogP contribution is 2.30. The van der Waals surface area contributed by atoms with Crippen molar-refractivity contribution in [3.63, 3.8) is 0 Å². The van der Waals surface area contributed by atoms with Gasteiger partial charge in [-0.2, -0.15) is 22.8 Å². The summed E-state index contributed by atoms with van der Waals surface area (Å²) in [5.41, 5.74) is 8.91. The zero-order chi connectivity index (χ0) is 29.5. The van der Waals surface area contributed by atoms with Crippen molar-refractivity contribution in [2.75, 3.05) is 0 Å². The van der Waals surface area contributed by atoms with Crippen molar-refractivity contribution in [2.24, 2.45) is 15.7 Å². The van der Waals surface area contributed by atoms with Crippen LogP contribution < -0.4 is 11.2 Å². The van der Waals surface area contributed by atoms with Gasteiger partial charge in [-0.3, -0.25) is 20.8 Å². The quantitative estimate of drug-likeness (QED) is 0.125. The smallest absolute Gasteiger partial charge is 0.384 e. The molecule has 6 rings (SSSR count). The maximum Gasteiger partial charge on any atom is 0.416 e. The first-order valence-electron chi connectivity index (χ1n) is 12.6. The van der Waals surface area contributed by atoms with Crippen LogP contribution in [-0.2, 0) is 6.18 Å². The van der Waals surface area contributed by atoms with Gasteiger partial charge in [0.05, 0.1) is 11.6 Å². The van der Waals surface area contributed by atoms with E-state index in [-0.39, 0.29) is 0 Å². The van der Waals surface area contributed by atoms with Crippen molar-refractivity contribution in [3.05, 3.63) is 84.2 Å². The third-order valence-corrected chi connectivity index (χ3v) is 5.80. The number of hydroxylamine groups is 1. The molecule has 214 valence electrons. The lowest BCUT2D eigenvalue weighted by Crippen LogP contribution is -2.08. The van der Waals surface area contributed by atoms with Gasteiger partial charge in [0.15, 0.2) is 23.1 Å². The van der Waals surface area contributed by atoms with E-state index in [2.05, 4.69) is 40.5 Å². The van der Waals surface area contributed by atoms with Gasteiger partial charge in [-0.05, 0) is 49.3 Å². The summed E-state index contributed by atoms with van der Waals surface area (Å²) in [7, 11) is 0. The predicted octanol–water partition coefficient (Wildman–Crippen LogP) is 4.45. The minimum Gasteiger partial charge on any atom is -0.384 e. The van der Waals surface area contributed by atoms with Crippen molar-refractivity contribution >= 4 is 29.7 Å². The van der Waals surface area contributed by atoms with Crippen LogP contribution in [0.2, 0.25) is 0 Å². The molecule has 0 saturated heterocycles. The number of amidine groups is 1. The third kappa shape index (κ3) is 7.19. The Morgan fingerprint density at radius 1 is 1.02 bits per heavy atom. The number of nitrogens with zero attached hydrogens (tertiary/aromatic N) is 8. The van der Waals surface area contributed by atoms with E-state index in [4.69, 9.17) is 10.9 Å². The highest BCUT2D eigenvalue weighted by Gasteiger charge is 2.30. The van der Waals surface area contributed by atoms with E-state index in [1.165, 1.54) is 12.1 Å². The van der Waals surface area contributed by atoms with Gasteiger partial charge < -0.3 is 5.73 Å². The van der Waals surface area contributed by atoms with E-state index in [1.807, 2.05) is 35.8 Å². The maximum atomic E-state index is 12.5. The highest BCUT2D eigenvalue weighted by atomic mass is 19.4. The number of hydrogen-bond acceptors (Lipinski definition) is 8. The number of alkyl halides is 3. The zero-order valence-corrected chi connectivity index (χ0v) is 21.8. The molecule has 1 saturated carbocycles. The lowest BCUT2D eigenvalue weighted by Gasteiger charge is -2.05. The van der Waals surface area contributed by atoms with Crippen LogP contribution in [0.4, 0.5) is 19.0 Å². The average molecular weight is 576 g/mol. The number of aliphatic imine (C=N–C) groups is 2. The van der Waals surface area contributed by atoms with Gasteiger partial charge in [-0.25, -0.2) is 9.98 Å². The lowest BCUT2D eigenvalue weighted by atomic mass is 10.1. The summed E-state index contributed by atoms with van der Waals surface area (Å²) < 4.78 is 39.2. The molecule has 15 heteroatoms. The zero-order valence-electron chi connectivity index (χ0n) is 21.8. The number of aromatic amines is 1. The fraction of sp³-hybridized carbons (Fsp3) is 0.148. The minimum absolute atomic E-state index is 0.316. The number of halogens is 3. The Kier molecular flexibility index (Phi) is 8.29. The molecule has 0 bridgehead atoms. The molecule has 0 spiro atoms. The number of hydrogen-bond donors (Lipinski definition) is 4. The molecule has 3 heterocycles. The Morgan fingerprint density at radius 2 is 1.79 bits per heavy atom. The summed E-state index contributed by atoms with van der Waals surface area (Å²) in [6.45, 7) is 0. The van der Waals surface area contributed by atoms with Gasteiger partial charge in [0.25, 0.3) is 0 Å². The Bertz CT molecular complexity index is 1720. The molecule has 0 radical (unpaired) electrons. The number of aromatic nitrogens is 7. The minimum atomic E-state index is -4.36. The van der Waals surface area contributed by atoms with Crippen LogP contribution in [0, 0.1) is 0 Å². The van der Waals surface area contributed by atoms with Crippen LogP contribution in [-0.4, -0.2) is 58.4 Å². The molecule has 2 aromatic carbocycles. The molecule has 5 aromatic rings. The fourth-order valence-electron chi connectivity index (χ4n) is 3.62. The summed E-state index contributed by atoms with van der Waals surface area (Å²) in [5, 5.41) is 27.6. The third-order valence-electron chi connectivity index (χ3n) is 5.80. The average Bonchev–Trinajstić information content (AvgIpc) is 3.50. The molecule has 0 atom stereocenters. The van der Waals surface area contributed by atoms with E-state index in [0.29, 0.717) is 46.4 Å². The van der Waals surface area contributed by atoms with Crippen molar-refractivity contribution in [2.45, 2.75) is 25.1 Å². The number of rotatable bonds is 7. The Labute approximate surface area is 236 Å². The molecule has 1 aliphatic carbocycles. The molecule has 1 aliphatic rings. The second-order valence-corrected chi connectivity index (χ2v) is 8.98. The molecular formula is C27H24F3N11O. The number of H-pyrrole nitrogens is 1. The maximum absolute atomic E-state index is 12.5.